The number of hydrogen-bond donors (Lipinski definition) is 0. The first-order valence-electron chi connectivity index (χ1n) is 33.6. The average molecular weight is 1190 g/mol. The van der Waals surface area contributed by atoms with Crippen molar-refractivity contribution in [2.24, 2.45) is 71.0 Å². The fourth-order valence-electron chi connectivity index (χ4n) is 14.6. The van der Waals surface area contributed by atoms with Crippen LogP contribution in [0.15, 0.2) is 0 Å². The number of ketones is 1. The molecule has 0 bridgehead atoms. The van der Waals surface area contributed by atoms with Crippen LogP contribution in [0.25, 0.3) is 0 Å². The van der Waals surface area contributed by atoms with Crippen molar-refractivity contribution in [3.8, 4) is 0 Å². The number of carbonyl (C=O) groups is 3. The average Bonchev–Trinajstić information content (AvgIpc) is 0.977. The highest BCUT2D eigenvalue weighted by molar-refractivity contribution is 5.75. The normalized spacial score (nSPS) is 32.8. The van der Waals surface area contributed by atoms with Gasteiger partial charge < -0.3 is 33.2 Å². The third-order valence-electron chi connectivity index (χ3n) is 19.1. The van der Waals surface area contributed by atoms with E-state index in [0.717, 1.165) is 44.9 Å². The van der Waals surface area contributed by atoms with Gasteiger partial charge in [-0.2, -0.15) is 0 Å². The molecule has 3 aliphatic heterocycles. The Labute approximate surface area is 510 Å². The summed E-state index contributed by atoms with van der Waals surface area (Å²) >= 11 is 0. The predicted octanol–water partition coefficient (Wildman–Crippen LogP) is 16.7. The molecule has 15 nitrogen and oxygen atoms in total. The third kappa shape index (κ3) is 22.3. The Bertz CT molecular complexity index is 1940. The van der Waals surface area contributed by atoms with Gasteiger partial charge in [-0.3, -0.25) is 38.0 Å². The van der Waals surface area contributed by atoms with Gasteiger partial charge in [0.2, 0.25) is 5.79 Å². The maximum atomic E-state index is 12.1. The minimum Gasteiger partial charge on any atom is -0.462 e. The Morgan fingerprint density at radius 1 is 0.440 bits per heavy atom. The van der Waals surface area contributed by atoms with Crippen LogP contribution >= 0.6 is 0 Å². The molecule has 3 heterocycles. The SMILES string of the molecule is CC(=O)CCCC1(OC2CC(C)CCC2C(C)C)OC(C)(C)O1.CC1CCC(C(C)C)C(OC2(CCCC3(OC4CC(C)CCC4C(C)C)OC(C)(C)O3)OC(C)(C)O2)C1.COC(C)(C)OC(=O)CCCC(=O)OC1CC(C)CCC1C(C)C. The van der Waals surface area contributed by atoms with Crippen molar-refractivity contribution < 1.29 is 71.2 Å². The molecule has 4 saturated carbocycles. The molecule has 0 aromatic carbocycles. The van der Waals surface area contributed by atoms with Crippen LogP contribution in [0.2, 0.25) is 0 Å². The number of hydrogen-bond acceptors (Lipinski definition) is 15. The molecule has 7 fully saturated rings. The second kappa shape index (κ2) is 30.8. The Morgan fingerprint density at radius 3 is 1.04 bits per heavy atom. The fourth-order valence-corrected chi connectivity index (χ4v) is 14.6. The summed E-state index contributed by atoms with van der Waals surface area (Å²) in [5.41, 5.74) is 0. The summed E-state index contributed by atoms with van der Waals surface area (Å²) in [7, 11) is 1.49. The van der Waals surface area contributed by atoms with Gasteiger partial charge in [0.15, 0.2) is 17.4 Å². The molecule has 0 spiro atoms. The van der Waals surface area contributed by atoms with Gasteiger partial charge in [0.25, 0.3) is 17.9 Å². The summed E-state index contributed by atoms with van der Waals surface area (Å²) < 4.78 is 73.2. The van der Waals surface area contributed by atoms with E-state index in [1.807, 2.05) is 41.5 Å². The highest BCUT2D eigenvalue weighted by Crippen LogP contribution is 2.51. The second-order valence-electron chi connectivity index (χ2n) is 30.5. The predicted molar refractivity (Wildman–Crippen MR) is 326 cm³/mol. The van der Waals surface area contributed by atoms with E-state index >= 15 is 0 Å². The Morgan fingerprint density at radius 2 is 0.738 bits per heavy atom. The molecule has 490 valence electrons. The summed E-state index contributed by atoms with van der Waals surface area (Å²) in [6.45, 7) is 43.9. The van der Waals surface area contributed by atoms with Crippen LogP contribution in [-0.2, 0) is 71.2 Å². The Kier molecular flexibility index (Phi) is 26.8. The highest BCUT2D eigenvalue weighted by Gasteiger charge is 2.59. The topological polar surface area (TPSA) is 162 Å². The zero-order chi connectivity index (χ0) is 62.8. The standard InChI is InChI=1S/C31H56O6.C19H34O5.C19H34O4/c1-20(2)24-14-12-22(5)18-26(24)32-30(34-28(7,8)35-30)16-11-17-31(36-29(9,10)37-31)33-27-19-23(6)13-15-25(27)21(3)4;1-13(2)15-11-10-14(3)12-16(15)23-17(20)8-7-9-18(21)24-19(4,5)22-6;1-13(2)16-10-9-14(3)12-17(16)21-19(11-7-8-15(4)20)22-18(5,6)23-19/h20-27H,11-19H2,1-10H3;13-16H,7-12H2,1-6H3;13-14,16-17H,7-12H2,1-6H3. The maximum Gasteiger partial charge on any atom is 0.308 e. The van der Waals surface area contributed by atoms with Crippen molar-refractivity contribution in [3.05, 3.63) is 0 Å². The largest absolute Gasteiger partial charge is 0.462 e. The quantitative estimate of drug-likeness (QED) is 0.0626. The second-order valence-corrected chi connectivity index (χ2v) is 30.5. The van der Waals surface area contributed by atoms with Crippen molar-refractivity contribution in [2.75, 3.05) is 7.11 Å². The molecular weight excluding hydrogens is 1070 g/mol. The van der Waals surface area contributed by atoms with E-state index < -0.39 is 41.1 Å². The van der Waals surface area contributed by atoms with Crippen molar-refractivity contribution in [3.63, 3.8) is 0 Å². The van der Waals surface area contributed by atoms with E-state index in [1.54, 1.807) is 20.8 Å². The number of esters is 2. The first-order chi connectivity index (χ1) is 38.9. The van der Waals surface area contributed by atoms with Gasteiger partial charge in [0, 0.05) is 59.5 Å². The van der Waals surface area contributed by atoms with Crippen LogP contribution in [0, 0.1) is 71.0 Å². The lowest BCUT2D eigenvalue weighted by atomic mass is 9.75. The molecule has 0 aromatic rings. The van der Waals surface area contributed by atoms with Crippen molar-refractivity contribution >= 4 is 17.7 Å². The molecule has 7 aliphatic rings. The van der Waals surface area contributed by atoms with Crippen LogP contribution in [0.3, 0.4) is 0 Å². The molecule has 4 aliphatic carbocycles. The van der Waals surface area contributed by atoms with E-state index in [-0.39, 0.29) is 55.0 Å². The smallest absolute Gasteiger partial charge is 0.308 e. The molecule has 0 N–H and O–H groups in total. The molecular formula is C69H124O15. The molecule has 12 atom stereocenters. The van der Waals surface area contributed by atoms with Crippen LogP contribution < -0.4 is 0 Å². The number of rotatable bonds is 25. The van der Waals surface area contributed by atoms with Crippen molar-refractivity contribution in [1.82, 2.24) is 0 Å². The monoisotopic (exact) mass is 1190 g/mol. The minimum atomic E-state index is -1.00. The van der Waals surface area contributed by atoms with Crippen LogP contribution in [0.4, 0.5) is 0 Å². The van der Waals surface area contributed by atoms with Gasteiger partial charge in [0.05, 0.1) is 18.3 Å². The Balaban J connectivity index is 0.000000241. The molecule has 0 aromatic heterocycles. The van der Waals surface area contributed by atoms with Crippen LogP contribution in [0.1, 0.15) is 280 Å². The van der Waals surface area contributed by atoms with Gasteiger partial charge in [-0.05, 0) is 190 Å². The first-order valence-corrected chi connectivity index (χ1v) is 33.6. The van der Waals surface area contributed by atoms with Crippen LogP contribution in [-0.4, -0.2) is 90.3 Å². The zero-order valence-corrected chi connectivity index (χ0v) is 57.2. The number of methoxy groups -OCH3 is 1. The minimum absolute atomic E-state index is 0.0145. The lowest BCUT2D eigenvalue weighted by Crippen LogP contribution is -2.64. The number of Topliss-reactive ketones (excluding diaryl/α,β-unsaturated/α-hetero) is 1. The van der Waals surface area contributed by atoms with E-state index in [0.29, 0.717) is 103 Å². The molecule has 0 amide bonds. The molecule has 15 heteroatoms. The highest BCUT2D eigenvalue weighted by atomic mass is 17.0. The van der Waals surface area contributed by atoms with Crippen molar-refractivity contribution in [2.45, 2.75) is 346 Å². The molecule has 0 radical (unpaired) electrons. The molecule has 3 saturated heterocycles. The van der Waals surface area contributed by atoms with Crippen LogP contribution in [0.5, 0.6) is 0 Å². The molecule has 84 heavy (non-hydrogen) atoms. The lowest BCUT2D eigenvalue weighted by Gasteiger charge is -2.56. The van der Waals surface area contributed by atoms with Crippen molar-refractivity contribution in [1.29, 1.82) is 0 Å². The van der Waals surface area contributed by atoms with Gasteiger partial charge >= 0.3 is 11.9 Å². The summed E-state index contributed by atoms with van der Waals surface area (Å²) in [4.78, 5) is 35.0. The third-order valence-corrected chi connectivity index (χ3v) is 19.1. The fraction of sp³-hybridized carbons (Fsp3) is 0.957. The number of ether oxygens (including phenoxy) is 12. The van der Waals surface area contributed by atoms with E-state index in [2.05, 4.69) is 83.1 Å². The first kappa shape index (κ1) is 73.0. The Hall–Kier alpha value is -1.79. The summed E-state index contributed by atoms with van der Waals surface area (Å²) in [6.07, 6.45) is 19.1. The van der Waals surface area contributed by atoms with E-state index in [4.69, 9.17) is 56.8 Å². The zero-order valence-electron chi connectivity index (χ0n) is 57.2. The van der Waals surface area contributed by atoms with E-state index in [9.17, 15) is 14.4 Å². The summed E-state index contributed by atoms with van der Waals surface area (Å²) in [6, 6.07) is 0. The van der Waals surface area contributed by atoms with Gasteiger partial charge in [-0.25, -0.2) is 0 Å². The number of carbonyl (C=O) groups excluding carboxylic acids is 3. The van der Waals surface area contributed by atoms with Gasteiger partial charge in [0.1, 0.15) is 11.9 Å². The maximum absolute atomic E-state index is 12.1. The summed E-state index contributed by atoms with van der Waals surface area (Å²) in [5.74, 6) is 0.793. The summed E-state index contributed by atoms with van der Waals surface area (Å²) in [5, 5.41) is 0. The molecule has 7 rings (SSSR count). The van der Waals surface area contributed by atoms with Gasteiger partial charge in [-0.15, -0.1) is 0 Å². The van der Waals surface area contributed by atoms with Gasteiger partial charge in [-0.1, -0.05) is 109 Å². The lowest BCUT2D eigenvalue weighted by molar-refractivity contribution is -0.594. The molecule has 12 unspecified atom stereocenters. The van der Waals surface area contributed by atoms with E-state index in [1.165, 1.54) is 52.1 Å².